The Morgan fingerprint density at radius 2 is 2.00 bits per heavy atom. The first-order chi connectivity index (χ1) is 19.8. The van der Waals surface area contributed by atoms with E-state index < -0.39 is 18.1 Å². The van der Waals surface area contributed by atoms with Gasteiger partial charge in [0.1, 0.15) is 10.9 Å². The Hall–Kier alpha value is -2.12. The summed E-state index contributed by atoms with van der Waals surface area (Å²) in [6, 6.07) is -0.837. The molecule has 6 fully saturated rings. The fourth-order valence-electron chi connectivity index (χ4n) is 7.54. The van der Waals surface area contributed by atoms with Crippen LogP contribution in [0.2, 0.25) is 0 Å². The molecule has 1 spiro atoms. The zero-order chi connectivity index (χ0) is 28.6. The maximum Gasteiger partial charge on any atom is 0.265 e. The molecule has 1 saturated carbocycles. The third-order valence-corrected chi connectivity index (χ3v) is 10.8. The maximum absolute atomic E-state index is 14.0. The third kappa shape index (κ3) is 5.90. The zero-order valence-corrected chi connectivity index (χ0v) is 25.0. The van der Waals surface area contributed by atoms with Crippen molar-refractivity contribution in [2.75, 3.05) is 59.6 Å². The van der Waals surface area contributed by atoms with Crippen LogP contribution in [-0.2, 0) is 23.8 Å². The van der Waals surface area contributed by atoms with Gasteiger partial charge in [0.05, 0.1) is 49.2 Å². The smallest absolute Gasteiger partial charge is 0.265 e. The first-order valence-corrected chi connectivity index (χ1v) is 15.9. The number of nitrogens with zero attached hydrogens (tertiary/aromatic N) is 3. The van der Waals surface area contributed by atoms with Gasteiger partial charge in [0, 0.05) is 57.2 Å². The van der Waals surface area contributed by atoms with Crippen molar-refractivity contribution >= 4 is 29.1 Å². The number of likely N-dealkylation sites (N-methyl/N-ethyl adjacent to an activating group) is 1. The Morgan fingerprint density at radius 1 is 1.20 bits per heavy atom. The highest BCUT2D eigenvalue weighted by Crippen LogP contribution is 2.46. The molecule has 6 aliphatic rings. The Morgan fingerprint density at radius 3 is 2.63 bits per heavy atom. The lowest BCUT2D eigenvalue weighted by Gasteiger charge is -2.51. The summed E-state index contributed by atoms with van der Waals surface area (Å²) in [6.45, 7) is 6.96. The molecule has 12 heteroatoms. The van der Waals surface area contributed by atoms with Crippen LogP contribution in [0.3, 0.4) is 0 Å². The molecule has 1 unspecified atom stereocenters. The zero-order valence-electron chi connectivity index (χ0n) is 24.1. The van der Waals surface area contributed by atoms with Crippen molar-refractivity contribution in [2.24, 2.45) is 16.7 Å². The van der Waals surface area contributed by atoms with Gasteiger partial charge in [0.25, 0.3) is 5.91 Å². The monoisotopic (exact) mass is 589 g/mol. The second kappa shape index (κ2) is 11.9. The third-order valence-electron chi connectivity index (χ3n) is 10.0. The summed E-state index contributed by atoms with van der Waals surface area (Å²) in [5.74, 6) is -1.02. The van der Waals surface area contributed by atoms with Gasteiger partial charge in [-0.05, 0) is 45.4 Å². The summed E-state index contributed by atoms with van der Waals surface area (Å²) in [6.07, 6.45) is 8.06. The highest BCUT2D eigenvalue weighted by Gasteiger charge is 2.58. The van der Waals surface area contributed by atoms with Crippen molar-refractivity contribution in [3.8, 4) is 0 Å². The van der Waals surface area contributed by atoms with Gasteiger partial charge < -0.3 is 29.7 Å². The van der Waals surface area contributed by atoms with Crippen LogP contribution in [-0.4, -0.2) is 116 Å². The Balaban J connectivity index is 1.13. The SMILES string of the molecule is CNC(=O)[C@@H](NC(=O)[C@@H]1CN(C(=O)c2cncs2)CC12CN(CC1CCCO1)C2)[C@@H](C)OCC12CCC(CC1)OC2. The predicted molar refractivity (Wildman–Crippen MR) is 151 cm³/mol. The number of hydrogen-bond acceptors (Lipinski definition) is 9. The average molecular weight is 590 g/mol. The van der Waals surface area contributed by atoms with Crippen molar-refractivity contribution < 1.29 is 28.6 Å². The van der Waals surface area contributed by atoms with Crippen molar-refractivity contribution in [3.63, 3.8) is 0 Å². The molecule has 226 valence electrons. The Kier molecular flexibility index (Phi) is 8.39. The quantitative estimate of drug-likeness (QED) is 0.419. The molecule has 3 amide bonds. The van der Waals surface area contributed by atoms with Crippen LogP contribution in [0.1, 0.15) is 55.1 Å². The number of carbonyl (C=O) groups excluding carboxylic acids is 3. The summed E-state index contributed by atoms with van der Waals surface area (Å²) in [7, 11) is 1.57. The van der Waals surface area contributed by atoms with Crippen LogP contribution in [0.4, 0.5) is 0 Å². The lowest BCUT2D eigenvalue weighted by Crippen LogP contribution is -2.65. The lowest BCUT2D eigenvalue weighted by atomic mass is 9.71. The van der Waals surface area contributed by atoms with E-state index in [0.29, 0.717) is 37.3 Å². The molecule has 2 N–H and O–H groups in total. The number of amides is 3. The summed E-state index contributed by atoms with van der Waals surface area (Å²) in [4.78, 5) is 49.0. The van der Waals surface area contributed by atoms with E-state index in [9.17, 15) is 14.4 Å². The molecule has 11 nitrogen and oxygen atoms in total. The van der Waals surface area contributed by atoms with Gasteiger partial charge in [0.15, 0.2) is 0 Å². The van der Waals surface area contributed by atoms with Gasteiger partial charge in [-0.1, -0.05) is 0 Å². The fourth-order valence-corrected chi connectivity index (χ4v) is 8.12. The number of aromatic nitrogens is 1. The molecule has 0 radical (unpaired) electrons. The van der Waals surface area contributed by atoms with Crippen LogP contribution < -0.4 is 10.6 Å². The van der Waals surface area contributed by atoms with E-state index in [1.54, 1.807) is 23.7 Å². The molecule has 5 saturated heterocycles. The number of nitrogens with one attached hydrogen (secondary N) is 2. The van der Waals surface area contributed by atoms with Crippen LogP contribution in [0, 0.1) is 16.7 Å². The minimum absolute atomic E-state index is 0.00823. The molecule has 7 rings (SSSR count). The molecular formula is C29H43N5O6S. The molecule has 5 aliphatic heterocycles. The molecule has 6 heterocycles. The summed E-state index contributed by atoms with van der Waals surface area (Å²) >= 11 is 1.31. The highest BCUT2D eigenvalue weighted by molar-refractivity contribution is 7.11. The van der Waals surface area contributed by atoms with Crippen LogP contribution in [0.25, 0.3) is 0 Å². The fraction of sp³-hybridized carbons (Fsp3) is 0.793. The molecule has 1 aliphatic carbocycles. The molecule has 41 heavy (non-hydrogen) atoms. The van der Waals surface area contributed by atoms with Crippen molar-refractivity contribution in [1.82, 2.24) is 25.4 Å². The molecular weight excluding hydrogens is 546 g/mol. The van der Waals surface area contributed by atoms with E-state index in [1.807, 2.05) is 6.92 Å². The van der Waals surface area contributed by atoms with Gasteiger partial charge in [0.2, 0.25) is 11.8 Å². The van der Waals surface area contributed by atoms with E-state index in [0.717, 1.165) is 64.8 Å². The second-order valence-corrected chi connectivity index (χ2v) is 13.8. The first-order valence-electron chi connectivity index (χ1n) is 15.1. The van der Waals surface area contributed by atoms with Crippen molar-refractivity contribution in [3.05, 3.63) is 16.6 Å². The molecule has 1 aromatic rings. The highest BCUT2D eigenvalue weighted by atomic mass is 32.1. The largest absolute Gasteiger partial charge is 0.378 e. The second-order valence-electron chi connectivity index (χ2n) is 12.9. The topological polar surface area (TPSA) is 122 Å². The number of rotatable bonds is 10. The normalized spacial score (nSPS) is 32.0. The number of carbonyl (C=O) groups is 3. The van der Waals surface area contributed by atoms with Gasteiger partial charge >= 0.3 is 0 Å². The molecule has 2 bridgehead atoms. The van der Waals surface area contributed by atoms with Crippen LogP contribution >= 0.6 is 11.3 Å². The lowest BCUT2D eigenvalue weighted by molar-refractivity contribution is -0.156. The average Bonchev–Trinajstić information content (AvgIpc) is 3.76. The molecule has 4 atom stereocenters. The first kappa shape index (κ1) is 29.0. The van der Waals surface area contributed by atoms with Gasteiger partial charge in [-0.25, -0.2) is 0 Å². The predicted octanol–water partition coefficient (Wildman–Crippen LogP) is 1.29. The number of fused-ring (bicyclic) bond motifs is 3. The standard InChI is InChI=1S/C29H43N5O6S/c1-19(39-16-28-7-5-20(6-8-28)40-17-28)24(26(36)30-2)32-25(35)22-12-34(27(37)23-10-31-18-41-23)15-29(22)13-33(14-29)11-21-4-3-9-38-21/h10,18-22,24H,3-9,11-17H2,1-2H3,(H,30,36)(H,32,35)/t19-,20?,21?,22+,24+,28?/m1/s1. The number of thiazole rings is 1. The minimum atomic E-state index is -0.837. The van der Waals surface area contributed by atoms with Crippen molar-refractivity contribution in [1.29, 1.82) is 0 Å². The van der Waals surface area contributed by atoms with Crippen LogP contribution in [0.15, 0.2) is 11.7 Å². The summed E-state index contributed by atoms with van der Waals surface area (Å²) in [5, 5.41) is 5.75. The van der Waals surface area contributed by atoms with Crippen LogP contribution in [0.5, 0.6) is 0 Å². The number of likely N-dealkylation sites (tertiary alicyclic amines) is 2. The minimum Gasteiger partial charge on any atom is -0.378 e. The van der Waals surface area contributed by atoms with E-state index >= 15 is 0 Å². The van der Waals surface area contributed by atoms with Gasteiger partial charge in [-0.2, -0.15) is 0 Å². The van der Waals surface area contributed by atoms with E-state index in [2.05, 4.69) is 20.5 Å². The molecule has 0 aromatic carbocycles. The van der Waals surface area contributed by atoms with Gasteiger partial charge in [-0.15, -0.1) is 11.3 Å². The van der Waals surface area contributed by atoms with Crippen molar-refractivity contribution in [2.45, 2.75) is 69.8 Å². The number of hydrogen-bond donors (Lipinski definition) is 2. The molecule has 1 aromatic heterocycles. The maximum atomic E-state index is 14.0. The van der Waals surface area contributed by atoms with E-state index in [1.165, 1.54) is 11.3 Å². The van der Waals surface area contributed by atoms with Gasteiger partial charge in [-0.3, -0.25) is 24.3 Å². The Bertz CT molecular complexity index is 1080. The Labute approximate surface area is 245 Å². The summed E-state index contributed by atoms with van der Waals surface area (Å²) < 4.78 is 18.1. The van der Waals surface area contributed by atoms with E-state index in [4.69, 9.17) is 14.2 Å². The number of ether oxygens (including phenoxy) is 3. The summed E-state index contributed by atoms with van der Waals surface area (Å²) in [5.41, 5.74) is 1.28. The van der Waals surface area contributed by atoms with E-state index in [-0.39, 0.29) is 34.7 Å².